The third kappa shape index (κ3) is 13.9. The fourth-order valence-corrected chi connectivity index (χ4v) is 2.01. The van der Waals surface area contributed by atoms with Crippen molar-refractivity contribution in [2.45, 2.75) is 72.8 Å². The van der Waals surface area contributed by atoms with Gasteiger partial charge < -0.3 is 9.64 Å². The van der Waals surface area contributed by atoms with Crippen molar-refractivity contribution in [2.24, 2.45) is 0 Å². The molecule has 22 heavy (non-hydrogen) atoms. The lowest BCUT2D eigenvalue weighted by Crippen LogP contribution is -2.28. The largest absolute Gasteiger partial charge is 0.460 e. The van der Waals surface area contributed by atoms with Crippen LogP contribution < -0.4 is 0 Å². The molecule has 0 fully saturated rings. The topological polar surface area (TPSA) is 29.5 Å². The fraction of sp³-hybridized carbons (Fsp3) is 0.737. The van der Waals surface area contributed by atoms with Gasteiger partial charge in [0.05, 0.1) is 6.42 Å². The van der Waals surface area contributed by atoms with E-state index in [1.165, 1.54) is 11.1 Å². The van der Waals surface area contributed by atoms with E-state index in [1.807, 2.05) is 20.8 Å². The minimum atomic E-state index is -0.388. The van der Waals surface area contributed by atoms with Crippen molar-refractivity contribution >= 4 is 5.97 Å². The molecule has 0 radical (unpaired) electrons. The second-order valence-corrected chi connectivity index (χ2v) is 7.30. The summed E-state index contributed by atoms with van der Waals surface area (Å²) in [6.07, 6.45) is 8.33. The highest BCUT2D eigenvalue weighted by Crippen LogP contribution is 2.09. The molecule has 0 bridgehead atoms. The van der Waals surface area contributed by atoms with E-state index < -0.39 is 0 Å². The van der Waals surface area contributed by atoms with Crippen LogP contribution in [0.4, 0.5) is 0 Å². The Morgan fingerprint density at radius 3 is 2.18 bits per heavy atom. The van der Waals surface area contributed by atoms with E-state index in [0.29, 0.717) is 6.42 Å². The molecule has 0 saturated heterocycles. The van der Waals surface area contributed by atoms with Crippen LogP contribution >= 0.6 is 0 Å². The Bertz CT molecular complexity index is 385. The molecule has 3 nitrogen and oxygen atoms in total. The molecule has 0 heterocycles. The zero-order valence-corrected chi connectivity index (χ0v) is 15.7. The SMILES string of the molecule is CC(C)=CCC/C(C)=C/CCN(C)CCC(=O)OC(C)(C)C. The van der Waals surface area contributed by atoms with Gasteiger partial charge in [-0.05, 0) is 67.9 Å². The van der Waals surface area contributed by atoms with E-state index in [-0.39, 0.29) is 11.6 Å². The predicted octanol–water partition coefficient (Wildman–Crippen LogP) is 4.73. The third-order valence-corrected chi connectivity index (χ3v) is 3.21. The second-order valence-electron chi connectivity index (χ2n) is 7.30. The molecule has 0 aliphatic heterocycles. The van der Waals surface area contributed by atoms with Crippen LogP contribution in [0.3, 0.4) is 0 Å². The normalized spacial score (nSPS) is 12.5. The Labute approximate surface area is 137 Å². The molecule has 0 spiro atoms. The number of nitrogens with zero attached hydrogens (tertiary/aromatic N) is 1. The van der Waals surface area contributed by atoms with Crippen LogP contribution in [0.2, 0.25) is 0 Å². The average Bonchev–Trinajstić information content (AvgIpc) is 2.34. The molecule has 0 aromatic rings. The van der Waals surface area contributed by atoms with E-state index in [9.17, 15) is 4.79 Å². The van der Waals surface area contributed by atoms with Crippen LogP contribution in [0, 0.1) is 0 Å². The quantitative estimate of drug-likeness (QED) is 0.455. The summed E-state index contributed by atoms with van der Waals surface area (Å²) < 4.78 is 5.31. The summed E-state index contributed by atoms with van der Waals surface area (Å²) in [5, 5.41) is 0. The fourth-order valence-electron chi connectivity index (χ4n) is 2.01. The molecule has 0 aliphatic rings. The van der Waals surface area contributed by atoms with E-state index >= 15 is 0 Å². The van der Waals surface area contributed by atoms with Gasteiger partial charge in [-0.15, -0.1) is 0 Å². The van der Waals surface area contributed by atoms with Crippen molar-refractivity contribution in [1.82, 2.24) is 4.90 Å². The lowest BCUT2D eigenvalue weighted by atomic mass is 10.1. The Morgan fingerprint density at radius 1 is 1.00 bits per heavy atom. The molecule has 0 rings (SSSR count). The molecule has 0 aromatic carbocycles. The maximum atomic E-state index is 11.7. The first-order valence-electron chi connectivity index (χ1n) is 8.29. The van der Waals surface area contributed by atoms with E-state index in [2.05, 4.69) is 44.9 Å². The van der Waals surface area contributed by atoms with Gasteiger partial charge in [-0.1, -0.05) is 23.3 Å². The first kappa shape index (κ1) is 20.9. The van der Waals surface area contributed by atoms with Crippen molar-refractivity contribution < 1.29 is 9.53 Å². The first-order valence-corrected chi connectivity index (χ1v) is 8.29. The van der Waals surface area contributed by atoms with Gasteiger partial charge >= 0.3 is 5.97 Å². The molecule has 0 aromatic heterocycles. The van der Waals surface area contributed by atoms with Crippen LogP contribution in [0.25, 0.3) is 0 Å². The highest BCUT2D eigenvalue weighted by molar-refractivity contribution is 5.70. The maximum absolute atomic E-state index is 11.7. The lowest BCUT2D eigenvalue weighted by Gasteiger charge is -2.21. The molecule has 3 heteroatoms. The average molecular weight is 309 g/mol. The summed E-state index contributed by atoms with van der Waals surface area (Å²) in [7, 11) is 2.05. The molecule has 0 unspecified atom stereocenters. The Balaban J connectivity index is 3.87. The minimum absolute atomic E-state index is 0.118. The van der Waals surface area contributed by atoms with Crippen LogP contribution in [0.15, 0.2) is 23.3 Å². The zero-order chi connectivity index (χ0) is 17.2. The van der Waals surface area contributed by atoms with Gasteiger partial charge in [-0.3, -0.25) is 4.79 Å². The van der Waals surface area contributed by atoms with Crippen LogP contribution in [-0.4, -0.2) is 36.6 Å². The number of carbonyl (C=O) groups excluding carboxylic acids is 1. The molecule has 0 atom stereocenters. The molecular weight excluding hydrogens is 274 g/mol. The van der Waals surface area contributed by atoms with Crippen molar-refractivity contribution in [2.75, 3.05) is 20.1 Å². The molecule has 0 saturated carbocycles. The maximum Gasteiger partial charge on any atom is 0.307 e. The van der Waals surface area contributed by atoms with Gasteiger partial charge in [0, 0.05) is 13.1 Å². The van der Waals surface area contributed by atoms with Crippen molar-refractivity contribution in [3.05, 3.63) is 23.3 Å². The molecule has 0 aliphatic carbocycles. The smallest absolute Gasteiger partial charge is 0.307 e. The molecular formula is C19H35NO2. The standard InChI is InChI=1S/C19H35NO2/c1-16(2)10-8-11-17(3)12-9-14-20(7)15-13-18(21)22-19(4,5)6/h10,12H,8-9,11,13-15H2,1-7H3/b17-12+. The van der Waals surface area contributed by atoms with Gasteiger partial charge in [0.2, 0.25) is 0 Å². The Kier molecular flexibility index (Phi) is 10.1. The monoisotopic (exact) mass is 309 g/mol. The van der Waals surface area contributed by atoms with Crippen molar-refractivity contribution in [3.63, 3.8) is 0 Å². The molecule has 0 amide bonds. The number of ether oxygens (including phenoxy) is 1. The lowest BCUT2D eigenvalue weighted by molar-refractivity contribution is -0.155. The second kappa shape index (κ2) is 10.6. The number of rotatable bonds is 9. The summed E-state index contributed by atoms with van der Waals surface area (Å²) in [5.74, 6) is -0.118. The van der Waals surface area contributed by atoms with Gasteiger partial charge in [0.15, 0.2) is 0 Å². The zero-order valence-electron chi connectivity index (χ0n) is 15.7. The van der Waals surface area contributed by atoms with E-state index in [1.54, 1.807) is 0 Å². The third-order valence-electron chi connectivity index (χ3n) is 3.21. The summed E-state index contributed by atoms with van der Waals surface area (Å²) >= 11 is 0. The van der Waals surface area contributed by atoms with Gasteiger partial charge in [0.1, 0.15) is 5.60 Å². The number of hydrogen-bond acceptors (Lipinski definition) is 3. The summed E-state index contributed by atoms with van der Waals surface area (Å²) in [6.45, 7) is 13.9. The first-order chi connectivity index (χ1) is 10.1. The van der Waals surface area contributed by atoms with E-state index in [4.69, 9.17) is 4.74 Å². The minimum Gasteiger partial charge on any atom is -0.460 e. The number of hydrogen-bond donors (Lipinski definition) is 0. The van der Waals surface area contributed by atoms with Crippen molar-refractivity contribution in [1.29, 1.82) is 0 Å². The number of carbonyl (C=O) groups is 1. The van der Waals surface area contributed by atoms with Crippen molar-refractivity contribution in [3.8, 4) is 0 Å². The predicted molar refractivity (Wildman–Crippen MR) is 95.0 cm³/mol. The Morgan fingerprint density at radius 2 is 1.64 bits per heavy atom. The summed E-state index contributed by atoms with van der Waals surface area (Å²) in [6, 6.07) is 0. The van der Waals surface area contributed by atoms with Gasteiger partial charge in [-0.25, -0.2) is 0 Å². The van der Waals surface area contributed by atoms with Crippen LogP contribution in [0.5, 0.6) is 0 Å². The van der Waals surface area contributed by atoms with Gasteiger partial charge in [0.25, 0.3) is 0 Å². The van der Waals surface area contributed by atoms with Gasteiger partial charge in [-0.2, -0.15) is 0 Å². The number of esters is 1. The highest BCUT2D eigenvalue weighted by Gasteiger charge is 2.16. The Hall–Kier alpha value is -1.09. The highest BCUT2D eigenvalue weighted by atomic mass is 16.6. The summed E-state index contributed by atoms with van der Waals surface area (Å²) in [4.78, 5) is 13.8. The number of allylic oxidation sites excluding steroid dienone is 3. The van der Waals surface area contributed by atoms with Crippen LogP contribution in [0.1, 0.15) is 67.2 Å². The molecule has 128 valence electrons. The molecule has 0 N–H and O–H groups in total. The van der Waals surface area contributed by atoms with Crippen LogP contribution in [-0.2, 0) is 9.53 Å². The van der Waals surface area contributed by atoms with E-state index in [0.717, 1.165) is 32.4 Å². The summed E-state index contributed by atoms with van der Waals surface area (Å²) in [5.41, 5.74) is 2.44.